The lowest BCUT2D eigenvalue weighted by Gasteiger charge is -2.35. The van der Waals surface area contributed by atoms with E-state index in [1.807, 2.05) is 16.7 Å². The smallest absolute Gasteiger partial charge is 0.333 e. The molecular formula is C25H27Cl2N6O2+. The molecule has 2 aromatic rings. The highest BCUT2D eigenvalue weighted by molar-refractivity contribution is 6.35. The minimum Gasteiger partial charge on any atom is -0.369 e. The highest BCUT2D eigenvalue weighted by Gasteiger charge is 2.53. The van der Waals surface area contributed by atoms with Crippen molar-refractivity contribution in [2.24, 2.45) is 4.99 Å². The molecule has 2 aromatic carbocycles. The molecule has 2 saturated heterocycles. The normalized spacial score (nSPS) is 21.1. The van der Waals surface area contributed by atoms with E-state index >= 15 is 0 Å². The monoisotopic (exact) mass is 513 g/mol. The molecule has 5 rings (SSSR count). The summed E-state index contributed by atoms with van der Waals surface area (Å²) in [6, 6.07) is 14.7. The van der Waals surface area contributed by atoms with Crippen molar-refractivity contribution in [1.29, 1.82) is 0 Å². The number of carbonyl (C=O) groups excluding carboxylic acids is 2. The molecule has 0 N–H and O–H groups in total. The maximum atomic E-state index is 13.2. The largest absolute Gasteiger partial charge is 0.369 e. The van der Waals surface area contributed by atoms with Crippen LogP contribution in [-0.2, 0) is 11.3 Å². The van der Waals surface area contributed by atoms with Gasteiger partial charge in [-0.3, -0.25) is 19.5 Å². The van der Waals surface area contributed by atoms with Crippen molar-refractivity contribution in [3.63, 3.8) is 0 Å². The first-order chi connectivity index (χ1) is 16.8. The van der Waals surface area contributed by atoms with Crippen molar-refractivity contribution in [3.05, 3.63) is 64.1 Å². The van der Waals surface area contributed by atoms with E-state index < -0.39 is 6.04 Å². The van der Waals surface area contributed by atoms with Crippen LogP contribution in [0.5, 0.6) is 0 Å². The molecule has 3 aliphatic heterocycles. The van der Waals surface area contributed by atoms with Crippen LogP contribution in [0, 0.1) is 0 Å². The van der Waals surface area contributed by atoms with E-state index in [1.165, 1.54) is 17.6 Å². The molecule has 1 unspecified atom stereocenters. The summed E-state index contributed by atoms with van der Waals surface area (Å²) in [4.78, 5) is 37.9. The number of anilines is 1. The number of halogens is 2. The molecule has 3 aliphatic rings. The molecular weight excluding hydrogens is 487 g/mol. The lowest BCUT2D eigenvalue weighted by molar-refractivity contribution is -0.552. The van der Waals surface area contributed by atoms with Gasteiger partial charge in [-0.05, 0) is 29.3 Å². The second-order valence-corrected chi connectivity index (χ2v) is 9.83. The summed E-state index contributed by atoms with van der Waals surface area (Å²) in [5.74, 6) is 0.925. The third-order valence-corrected chi connectivity index (χ3v) is 7.41. The molecule has 3 heterocycles. The molecule has 0 radical (unpaired) electrons. The molecule has 1 atom stereocenters. The fourth-order valence-electron chi connectivity index (χ4n) is 4.79. The highest BCUT2D eigenvalue weighted by Crippen LogP contribution is 2.26. The van der Waals surface area contributed by atoms with E-state index in [9.17, 15) is 9.59 Å². The van der Waals surface area contributed by atoms with Crippen LogP contribution in [0.1, 0.15) is 5.56 Å². The number of benzene rings is 2. The quantitative estimate of drug-likeness (QED) is 0.576. The minimum atomic E-state index is -0.671. The van der Waals surface area contributed by atoms with Gasteiger partial charge in [0.25, 0.3) is 17.8 Å². The Bertz CT molecular complexity index is 1220. The van der Waals surface area contributed by atoms with Crippen LogP contribution < -0.4 is 4.90 Å². The van der Waals surface area contributed by atoms with E-state index in [4.69, 9.17) is 28.2 Å². The first-order valence-corrected chi connectivity index (χ1v) is 12.3. The van der Waals surface area contributed by atoms with E-state index in [1.54, 1.807) is 19.2 Å². The number of urea groups is 1. The molecule has 10 heteroatoms. The highest BCUT2D eigenvalue weighted by atomic mass is 35.5. The molecule has 0 aliphatic carbocycles. The maximum Gasteiger partial charge on any atom is 0.333 e. The summed E-state index contributed by atoms with van der Waals surface area (Å²) in [5, 5.41) is 1.08. The molecule has 35 heavy (non-hydrogen) atoms. The number of para-hydroxylation sites is 1. The number of hydrogen-bond acceptors (Lipinski definition) is 5. The number of amidine groups is 2. The summed E-state index contributed by atoms with van der Waals surface area (Å²) in [6.07, 6.45) is 0. The molecule has 8 nitrogen and oxygen atoms in total. The van der Waals surface area contributed by atoms with Crippen molar-refractivity contribution >= 4 is 52.5 Å². The summed E-state index contributed by atoms with van der Waals surface area (Å²) < 4.78 is 1.97. The number of fused-ring (bicyclic) bond motifs is 1. The summed E-state index contributed by atoms with van der Waals surface area (Å²) >= 11 is 12.6. The predicted octanol–water partition coefficient (Wildman–Crippen LogP) is 3.03. The summed E-state index contributed by atoms with van der Waals surface area (Å²) in [7, 11) is 3.16. The van der Waals surface area contributed by atoms with Crippen molar-refractivity contribution in [1.82, 2.24) is 14.7 Å². The first-order valence-electron chi connectivity index (χ1n) is 11.6. The van der Waals surface area contributed by atoms with Crippen molar-refractivity contribution in [2.45, 2.75) is 12.6 Å². The number of hydrogen-bond donors (Lipinski definition) is 0. The number of piperazine rings is 1. The Morgan fingerprint density at radius 2 is 1.69 bits per heavy atom. The zero-order valence-electron chi connectivity index (χ0n) is 19.7. The van der Waals surface area contributed by atoms with Crippen LogP contribution in [0.15, 0.2) is 53.5 Å². The van der Waals surface area contributed by atoms with Gasteiger partial charge in [-0.15, -0.1) is 0 Å². The van der Waals surface area contributed by atoms with Crippen LogP contribution in [-0.4, -0.2) is 95.7 Å². The average Bonchev–Trinajstić information content (AvgIpc) is 3.22. The van der Waals surface area contributed by atoms with Gasteiger partial charge in [-0.2, -0.15) is 0 Å². The molecule has 0 bridgehead atoms. The number of imide groups is 1. The van der Waals surface area contributed by atoms with Crippen molar-refractivity contribution in [2.75, 3.05) is 51.7 Å². The second-order valence-electron chi connectivity index (χ2n) is 8.99. The molecule has 0 aromatic heterocycles. The van der Waals surface area contributed by atoms with Crippen LogP contribution in [0.2, 0.25) is 10.0 Å². The van der Waals surface area contributed by atoms with Gasteiger partial charge < -0.3 is 4.90 Å². The molecule has 0 spiro atoms. The third-order valence-electron chi connectivity index (χ3n) is 6.83. The van der Waals surface area contributed by atoms with Gasteiger partial charge in [-0.25, -0.2) is 9.37 Å². The van der Waals surface area contributed by atoms with Crippen LogP contribution in [0.3, 0.4) is 0 Å². The lowest BCUT2D eigenvalue weighted by atomic mass is 10.1. The second kappa shape index (κ2) is 9.60. The van der Waals surface area contributed by atoms with E-state index in [0.717, 1.165) is 42.5 Å². The van der Waals surface area contributed by atoms with Crippen LogP contribution in [0.4, 0.5) is 10.5 Å². The Morgan fingerprint density at radius 3 is 2.37 bits per heavy atom. The zero-order chi connectivity index (χ0) is 24.7. The van der Waals surface area contributed by atoms with Crippen molar-refractivity contribution < 1.29 is 14.2 Å². The van der Waals surface area contributed by atoms with Gasteiger partial charge >= 0.3 is 11.9 Å². The van der Waals surface area contributed by atoms with Crippen LogP contribution in [0.25, 0.3) is 0 Å². The number of likely N-dealkylation sites (N-methyl/N-ethyl adjacent to an activating group) is 2. The Kier molecular flexibility index (Phi) is 6.53. The van der Waals surface area contributed by atoms with Gasteiger partial charge in [0.05, 0.1) is 0 Å². The standard InChI is InChI=1S/C25H27Cl2N6O2/c1-29-23-22(24(34)30(2)25(29)35)33(15-17-8-9-18(26)14-20(17)27)21(28-23)16-31-10-12-32(13-11-31)19-6-4-3-5-7-19/h3-9,14,22H,10-13,15-16H2,1-2H3/q+1. The van der Waals surface area contributed by atoms with Gasteiger partial charge in [-0.1, -0.05) is 47.5 Å². The number of nitrogens with zero attached hydrogens (tertiary/aromatic N) is 6. The van der Waals surface area contributed by atoms with Crippen LogP contribution >= 0.6 is 23.2 Å². The fraction of sp³-hybridized carbons (Fsp3) is 0.360. The molecule has 0 saturated carbocycles. The zero-order valence-corrected chi connectivity index (χ0v) is 21.2. The predicted molar refractivity (Wildman–Crippen MR) is 138 cm³/mol. The van der Waals surface area contributed by atoms with E-state index in [2.05, 4.69) is 34.1 Å². The van der Waals surface area contributed by atoms with Gasteiger partial charge in [0.1, 0.15) is 13.1 Å². The summed E-state index contributed by atoms with van der Waals surface area (Å²) in [5.41, 5.74) is 2.06. The van der Waals surface area contributed by atoms with Gasteiger partial charge in [0.15, 0.2) is 0 Å². The Morgan fingerprint density at radius 1 is 0.971 bits per heavy atom. The Labute approximate surface area is 214 Å². The molecule has 182 valence electrons. The number of amides is 3. The Balaban J connectivity index is 1.41. The number of rotatable bonds is 5. The van der Waals surface area contributed by atoms with Gasteiger partial charge in [0.2, 0.25) is 0 Å². The van der Waals surface area contributed by atoms with Gasteiger partial charge in [0, 0.05) is 61.6 Å². The SMILES string of the molecule is CN1C(=O)C2C(=NC(CN3CCN(c4ccccc4)CC3)=[N+]2Cc2ccc(Cl)cc2Cl)N(C)C1=O. The van der Waals surface area contributed by atoms with E-state index in [0.29, 0.717) is 29.0 Å². The molecule has 3 amide bonds. The van der Waals surface area contributed by atoms with E-state index in [-0.39, 0.29) is 11.9 Å². The number of carbonyl (C=O) groups is 2. The first kappa shape index (κ1) is 23.8. The Hall–Kier alpha value is -2.94. The minimum absolute atomic E-state index is 0.291. The fourth-order valence-corrected chi connectivity index (χ4v) is 5.26. The third kappa shape index (κ3) is 4.53. The molecule has 2 fully saturated rings. The lowest BCUT2D eigenvalue weighted by Crippen LogP contribution is -2.61. The van der Waals surface area contributed by atoms with Crippen molar-refractivity contribution in [3.8, 4) is 0 Å². The topological polar surface area (TPSA) is 62.5 Å². The maximum absolute atomic E-state index is 13.2. The average molecular weight is 514 g/mol. The number of aliphatic imine (C=N–C) groups is 1. The summed E-state index contributed by atoms with van der Waals surface area (Å²) in [6.45, 7) is 4.50.